The van der Waals surface area contributed by atoms with Crippen LogP contribution in [-0.2, 0) is 4.74 Å². The quantitative estimate of drug-likeness (QED) is 0.841. The van der Waals surface area contributed by atoms with Crippen LogP contribution in [0.1, 0.15) is 26.3 Å². The molecule has 96 valence electrons. The van der Waals surface area contributed by atoms with Gasteiger partial charge >= 0.3 is 6.09 Å². The molecular formula is C12H12Cl2N2O2. The molecule has 0 saturated carbocycles. The second-order valence-corrected chi connectivity index (χ2v) is 5.37. The van der Waals surface area contributed by atoms with Gasteiger partial charge in [-0.3, -0.25) is 5.32 Å². The van der Waals surface area contributed by atoms with E-state index >= 15 is 0 Å². The zero-order valence-corrected chi connectivity index (χ0v) is 11.7. The number of carbonyl (C=O) groups excluding carboxylic acids is 1. The molecule has 0 spiro atoms. The third-order valence-corrected chi connectivity index (χ3v) is 2.39. The number of carbonyl (C=O) groups is 1. The second-order valence-electron chi connectivity index (χ2n) is 4.55. The molecule has 0 fully saturated rings. The molecule has 1 aromatic carbocycles. The average Bonchev–Trinajstić information content (AvgIpc) is 2.20. The number of halogens is 2. The zero-order valence-electron chi connectivity index (χ0n) is 10.2. The van der Waals surface area contributed by atoms with Crippen molar-refractivity contribution in [2.24, 2.45) is 0 Å². The lowest BCUT2D eigenvalue weighted by atomic mass is 10.2. The summed E-state index contributed by atoms with van der Waals surface area (Å²) < 4.78 is 5.08. The van der Waals surface area contributed by atoms with E-state index in [1.165, 1.54) is 12.1 Å². The van der Waals surface area contributed by atoms with E-state index in [0.717, 1.165) is 0 Å². The van der Waals surface area contributed by atoms with Crippen LogP contribution < -0.4 is 5.32 Å². The van der Waals surface area contributed by atoms with Crippen molar-refractivity contribution < 1.29 is 9.53 Å². The molecule has 1 aromatic rings. The van der Waals surface area contributed by atoms with E-state index in [9.17, 15) is 4.79 Å². The zero-order chi connectivity index (χ0) is 13.9. The Balaban J connectivity index is 2.93. The van der Waals surface area contributed by atoms with Gasteiger partial charge in [-0.1, -0.05) is 23.2 Å². The summed E-state index contributed by atoms with van der Waals surface area (Å²) in [6.07, 6.45) is -0.656. The van der Waals surface area contributed by atoms with Crippen LogP contribution in [0.2, 0.25) is 10.0 Å². The minimum atomic E-state index is -0.656. The smallest absolute Gasteiger partial charge is 0.412 e. The van der Waals surface area contributed by atoms with Crippen molar-refractivity contribution in [2.75, 3.05) is 5.32 Å². The Morgan fingerprint density at radius 1 is 1.33 bits per heavy atom. The summed E-state index contributed by atoms with van der Waals surface area (Å²) >= 11 is 11.8. The number of nitrogens with zero attached hydrogens (tertiary/aromatic N) is 1. The fourth-order valence-corrected chi connectivity index (χ4v) is 1.74. The molecule has 18 heavy (non-hydrogen) atoms. The van der Waals surface area contributed by atoms with Crippen LogP contribution in [0, 0.1) is 11.3 Å². The topological polar surface area (TPSA) is 62.1 Å². The number of hydrogen-bond donors (Lipinski definition) is 1. The maximum Gasteiger partial charge on any atom is 0.412 e. The molecule has 0 aliphatic carbocycles. The largest absolute Gasteiger partial charge is 0.444 e. The molecule has 0 saturated heterocycles. The van der Waals surface area contributed by atoms with Gasteiger partial charge in [0.05, 0.1) is 27.4 Å². The number of amides is 1. The van der Waals surface area contributed by atoms with Crippen LogP contribution in [0.15, 0.2) is 12.1 Å². The number of rotatable bonds is 1. The lowest BCUT2D eigenvalue weighted by molar-refractivity contribution is 0.0636. The van der Waals surface area contributed by atoms with Crippen molar-refractivity contribution in [3.63, 3.8) is 0 Å². The summed E-state index contributed by atoms with van der Waals surface area (Å²) in [5, 5.41) is 11.6. The maximum atomic E-state index is 11.6. The number of ether oxygens (including phenoxy) is 1. The molecule has 0 heterocycles. The van der Waals surface area contributed by atoms with E-state index in [1.807, 2.05) is 6.07 Å². The Kier molecular flexibility index (Phi) is 4.44. The molecule has 0 aliphatic rings. The van der Waals surface area contributed by atoms with E-state index in [0.29, 0.717) is 5.56 Å². The van der Waals surface area contributed by atoms with E-state index < -0.39 is 11.7 Å². The van der Waals surface area contributed by atoms with Crippen molar-refractivity contribution in [1.82, 2.24) is 0 Å². The molecule has 0 atom stereocenters. The Bertz CT molecular complexity index is 493. The number of nitriles is 1. The normalized spacial score (nSPS) is 10.7. The maximum absolute atomic E-state index is 11.6. The van der Waals surface area contributed by atoms with Crippen LogP contribution in [0.4, 0.5) is 10.5 Å². The molecule has 1 N–H and O–H groups in total. The summed E-state index contributed by atoms with van der Waals surface area (Å²) in [6, 6.07) is 4.75. The van der Waals surface area contributed by atoms with Gasteiger partial charge in [0.2, 0.25) is 0 Å². The van der Waals surface area contributed by atoms with Crippen molar-refractivity contribution in [2.45, 2.75) is 26.4 Å². The van der Waals surface area contributed by atoms with Crippen LogP contribution in [0.5, 0.6) is 0 Å². The van der Waals surface area contributed by atoms with Gasteiger partial charge in [0, 0.05) is 0 Å². The Labute approximate surface area is 115 Å². The molecule has 6 heteroatoms. The van der Waals surface area contributed by atoms with Crippen molar-refractivity contribution in [3.05, 3.63) is 27.7 Å². The summed E-state index contributed by atoms with van der Waals surface area (Å²) in [5.41, 5.74) is -0.0679. The molecule has 4 nitrogen and oxygen atoms in total. The summed E-state index contributed by atoms with van der Waals surface area (Å²) in [4.78, 5) is 11.6. The number of benzene rings is 1. The first-order valence-corrected chi connectivity index (χ1v) is 5.87. The minimum Gasteiger partial charge on any atom is -0.444 e. The van der Waals surface area contributed by atoms with Gasteiger partial charge < -0.3 is 4.74 Å². The number of nitrogens with one attached hydrogen (secondary N) is 1. The Morgan fingerprint density at radius 2 is 1.83 bits per heavy atom. The van der Waals surface area contributed by atoms with E-state index in [2.05, 4.69) is 5.32 Å². The fraction of sp³-hybridized carbons (Fsp3) is 0.333. The Morgan fingerprint density at radius 3 is 2.22 bits per heavy atom. The van der Waals surface area contributed by atoms with Crippen molar-refractivity contribution in [1.29, 1.82) is 5.26 Å². The van der Waals surface area contributed by atoms with E-state index in [1.54, 1.807) is 20.8 Å². The lowest BCUT2D eigenvalue weighted by Crippen LogP contribution is -2.27. The van der Waals surface area contributed by atoms with E-state index in [-0.39, 0.29) is 15.7 Å². The van der Waals surface area contributed by atoms with Crippen LogP contribution in [0.25, 0.3) is 0 Å². The predicted octanol–water partition coefficient (Wildman–Crippen LogP) is 4.21. The highest BCUT2D eigenvalue weighted by Crippen LogP contribution is 2.32. The number of hydrogen-bond acceptors (Lipinski definition) is 3. The van der Waals surface area contributed by atoms with Gasteiger partial charge in [0.25, 0.3) is 0 Å². The highest BCUT2D eigenvalue weighted by Gasteiger charge is 2.18. The Hall–Kier alpha value is -1.44. The second kappa shape index (κ2) is 5.47. The van der Waals surface area contributed by atoms with Crippen LogP contribution in [-0.4, -0.2) is 11.7 Å². The fourth-order valence-electron chi connectivity index (χ4n) is 1.16. The molecule has 0 aromatic heterocycles. The molecule has 0 unspecified atom stereocenters. The third kappa shape index (κ3) is 4.10. The van der Waals surface area contributed by atoms with Gasteiger partial charge in [-0.2, -0.15) is 5.26 Å². The standard InChI is InChI=1S/C12H12Cl2N2O2/c1-12(2,3)18-11(17)16-10-8(13)4-7(6-15)5-9(10)14/h4-5H,1-3H3,(H,16,17). The summed E-state index contributed by atoms with van der Waals surface area (Å²) in [6.45, 7) is 5.23. The average molecular weight is 287 g/mol. The van der Waals surface area contributed by atoms with Gasteiger partial charge in [0.15, 0.2) is 0 Å². The molecule has 1 amide bonds. The van der Waals surface area contributed by atoms with Gasteiger partial charge in [0.1, 0.15) is 5.60 Å². The first kappa shape index (κ1) is 14.6. The first-order valence-electron chi connectivity index (χ1n) is 5.12. The van der Waals surface area contributed by atoms with Crippen molar-refractivity contribution >= 4 is 35.0 Å². The predicted molar refractivity (Wildman–Crippen MR) is 71.0 cm³/mol. The summed E-state index contributed by atoms with van der Waals surface area (Å²) in [7, 11) is 0. The molecule has 0 bridgehead atoms. The highest BCUT2D eigenvalue weighted by molar-refractivity contribution is 6.39. The van der Waals surface area contributed by atoms with Gasteiger partial charge in [-0.15, -0.1) is 0 Å². The van der Waals surface area contributed by atoms with Crippen LogP contribution >= 0.6 is 23.2 Å². The van der Waals surface area contributed by atoms with Crippen molar-refractivity contribution in [3.8, 4) is 6.07 Å². The van der Waals surface area contributed by atoms with Crippen LogP contribution in [0.3, 0.4) is 0 Å². The minimum absolute atomic E-state index is 0.185. The highest BCUT2D eigenvalue weighted by atomic mass is 35.5. The monoisotopic (exact) mass is 286 g/mol. The van der Waals surface area contributed by atoms with Gasteiger partial charge in [-0.25, -0.2) is 4.79 Å². The molecular weight excluding hydrogens is 275 g/mol. The SMILES string of the molecule is CC(C)(C)OC(=O)Nc1c(Cl)cc(C#N)cc1Cl. The third-order valence-electron chi connectivity index (χ3n) is 1.80. The van der Waals surface area contributed by atoms with E-state index in [4.69, 9.17) is 33.2 Å². The van der Waals surface area contributed by atoms with Gasteiger partial charge in [-0.05, 0) is 32.9 Å². The summed E-state index contributed by atoms with van der Waals surface area (Å²) in [5.74, 6) is 0. The molecule has 1 rings (SSSR count). The molecule has 0 aliphatic heterocycles. The molecule has 0 radical (unpaired) electrons. The first-order chi connectivity index (χ1) is 8.23. The lowest BCUT2D eigenvalue weighted by Gasteiger charge is -2.20. The number of anilines is 1.